The van der Waals surface area contributed by atoms with Gasteiger partial charge in [-0.1, -0.05) is 12.1 Å². The lowest BCUT2D eigenvalue weighted by Gasteiger charge is -2.12. The third-order valence-corrected chi connectivity index (χ3v) is 4.46. The first-order valence-electron chi connectivity index (χ1n) is 9.44. The second kappa shape index (κ2) is 9.84. The monoisotopic (exact) mass is 397 g/mol. The summed E-state index contributed by atoms with van der Waals surface area (Å²) in [5.74, 6) is -0.676. The van der Waals surface area contributed by atoms with Gasteiger partial charge in [0.1, 0.15) is 12.4 Å². The summed E-state index contributed by atoms with van der Waals surface area (Å²) in [4.78, 5) is 35.8. The van der Waals surface area contributed by atoms with Crippen LogP contribution < -0.4 is 10.1 Å². The van der Waals surface area contributed by atoms with Crippen molar-refractivity contribution in [3.05, 3.63) is 59.7 Å². The number of esters is 1. The van der Waals surface area contributed by atoms with E-state index in [0.29, 0.717) is 29.2 Å². The fourth-order valence-electron chi connectivity index (χ4n) is 2.95. The molecule has 152 valence electrons. The van der Waals surface area contributed by atoms with Gasteiger partial charge in [-0.05, 0) is 56.2 Å². The predicted octanol–water partition coefficient (Wildman–Crippen LogP) is 3.24. The van der Waals surface area contributed by atoms with Gasteiger partial charge in [-0.2, -0.15) is 0 Å². The molecular formula is C22H23NO6. The minimum Gasteiger partial charge on any atom is -0.491 e. The van der Waals surface area contributed by atoms with Crippen molar-refractivity contribution in [3.8, 4) is 5.75 Å². The predicted molar refractivity (Wildman–Crippen MR) is 106 cm³/mol. The molecule has 2 aromatic carbocycles. The van der Waals surface area contributed by atoms with Crippen LogP contribution in [0.3, 0.4) is 0 Å². The number of ketones is 1. The molecule has 1 amide bonds. The molecule has 1 saturated heterocycles. The number of anilines is 1. The van der Waals surface area contributed by atoms with Crippen molar-refractivity contribution < 1.29 is 28.6 Å². The molecule has 2 aromatic rings. The quantitative estimate of drug-likeness (QED) is 0.543. The molecule has 1 aliphatic rings. The molecule has 1 heterocycles. The maximum atomic E-state index is 12.1. The van der Waals surface area contributed by atoms with Crippen LogP contribution in [0.5, 0.6) is 5.75 Å². The zero-order chi connectivity index (χ0) is 20.6. The molecule has 0 saturated carbocycles. The highest BCUT2D eigenvalue weighted by Gasteiger charge is 2.16. The van der Waals surface area contributed by atoms with E-state index in [1.165, 1.54) is 6.92 Å². The lowest BCUT2D eigenvalue weighted by atomic mass is 10.1. The zero-order valence-electron chi connectivity index (χ0n) is 16.2. The van der Waals surface area contributed by atoms with Crippen molar-refractivity contribution in [1.82, 2.24) is 0 Å². The molecule has 1 fully saturated rings. The van der Waals surface area contributed by atoms with Crippen molar-refractivity contribution in [1.29, 1.82) is 0 Å². The number of benzene rings is 2. The van der Waals surface area contributed by atoms with Crippen LogP contribution >= 0.6 is 0 Å². The second-order valence-electron chi connectivity index (χ2n) is 6.70. The standard InChI is InChI=1S/C22H23NO6/c1-15(24)19-6-2-3-7-20(19)23-21(25)14-29-22(26)16-8-10-17(11-9-16)28-13-18-5-4-12-27-18/h2-3,6-11,18H,4-5,12-14H2,1H3,(H,23,25)/t18-/m0/s1. The minimum absolute atomic E-state index is 0.117. The molecule has 3 rings (SSSR count). The molecule has 0 aromatic heterocycles. The summed E-state index contributed by atoms with van der Waals surface area (Å²) in [6.45, 7) is 2.21. The minimum atomic E-state index is -0.620. The Bertz CT molecular complexity index is 871. The molecule has 0 radical (unpaired) electrons. The number of amides is 1. The van der Waals surface area contributed by atoms with Gasteiger partial charge >= 0.3 is 5.97 Å². The van der Waals surface area contributed by atoms with Gasteiger partial charge in [-0.25, -0.2) is 4.79 Å². The van der Waals surface area contributed by atoms with Crippen LogP contribution in [0.25, 0.3) is 0 Å². The van der Waals surface area contributed by atoms with Crippen molar-refractivity contribution in [2.24, 2.45) is 0 Å². The molecule has 0 bridgehead atoms. The highest BCUT2D eigenvalue weighted by Crippen LogP contribution is 2.18. The topological polar surface area (TPSA) is 90.9 Å². The summed E-state index contributed by atoms with van der Waals surface area (Å²) in [7, 11) is 0. The van der Waals surface area contributed by atoms with E-state index in [2.05, 4.69) is 5.32 Å². The number of hydrogen-bond donors (Lipinski definition) is 1. The van der Waals surface area contributed by atoms with Gasteiger partial charge in [-0.3, -0.25) is 9.59 Å². The maximum Gasteiger partial charge on any atom is 0.338 e. The first-order valence-corrected chi connectivity index (χ1v) is 9.44. The number of carbonyl (C=O) groups is 3. The van der Waals surface area contributed by atoms with Crippen molar-refractivity contribution in [2.75, 3.05) is 25.1 Å². The summed E-state index contributed by atoms with van der Waals surface area (Å²) >= 11 is 0. The van der Waals surface area contributed by atoms with E-state index in [9.17, 15) is 14.4 Å². The number of Topliss-reactive ketones (excluding diaryl/α,β-unsaturated/α-hetero) is 1. The van der Waals surface area contributed by atoms with Gasteiger partial charge in [0.15, 0.2) is 12.4 Å². The summed E-state index contributed by atoms with van der Waals surface area (Å²) < 4.78 is 16.2. The number of para-hydroxylation sites is 1. The van der Waals surface area contributed by atoms with E-state index < -0.39 is 18.5 Å². The van der Waals surface area contributed by atoms with Gasteiger partial charge < -0.3 is 19.5 Å². The molecule has 1 atom stereocenters. The van der Waals surface area contributed by atoms with E-state index >= 15 is 0 Å². The van der Waals surface area contributed by atoms with Crippen LogP contribution in [0.1, 0.15) is 40.5 Å². The lowest BCUT2D eigenvalue weighted by Crippen LogP contribution is -2.22. The van der Waals surface area contributed by atoms with Gasteiger partial charge in [0, 0.05) is 12.2 Å². The van der Waals surface area contributed by atoms with Crippen LogP contribution in [0.15, 0.2) is 48.5 Å². The Kier molecular flexibility index (Phi) is 6.97. The Labute approximate surface area is 169 Å². The SMILES string of the molecule is CC(=O)c1ccccc1NC(=O)COC(=O)c1ccc(OC[C@@H]2CCCO2)cc1. The van der Waals surface area contributed by atoms with Crippen molar-refractivity contribution >= 4 is 23.3 Å². The Morgan fingerprint density at radius 1 is 1.10 bits per heavy atom. The fourth-order valence-corrected chi connectivity index (χ4v) is 2.95. The van der Waals surface area contributed by atoms with Crippen LogP contribution in [0.4, 0.5) is 5.69 Å². The number of carbonyl (C=O) groups excluding carboxylic acids is 3. The van der Waals surface area contributed by atoms with Gasteiger partial charge in [0.05, 0.1) is 17.4 Å². The van der Waals surface area contributed by atoms with E-state index in [0.717, 1.165) is 19.4 Å². The summed E-state index contributed by atoms with van der Waals surface area (Å²) in [6, 6.07) is 13.2. The van der Waals surface area contributed by atoms with Crippen molar-refractivity contribution in [3.63, 3.8) is 0 Å². The number of nitrogens with one attached hydrogen (secondary N) is 1. The molecule has 7 nitrogen and oxygen atoms in total. The van der Waals surface area contributed by atoms with Crippen LogP contribution in [0.2, 0.25) is 0 Å². The molecule has 0 aliphatic carbocycles. The average molecular weight is 397 g/mol. The van der Waals surface area contributed by atoms with E-state index in [1.54, 1.807) is 48.5 Å². The first kappa shape index (κ1) is 20.5. The summed E-state index contributed by atoms with van der Waals surface area (Å²) in [5, 5.41) is 2.58. The molecule has 7 heteroatoms. The highest BCUT2D eigenvalue weighted by molar-refractivity contribution is 6.04. The molecule has 1 N–H and O–H groups in total. The normalized spacial score (nSPS) is 15.6. The molecule has 0 spiro atoms. The lowest BCUT2D eigenvalue weighted by molar-refractivity contribution is -0.119. The second-order valence-corrected chi connectivity index (χ2v) is 6.70. The molecular weight excluding hydrogens is 374 g/mol. The Morgan fingerprint density at radius 3 is 2.55 bits per heavy atom. The smallest absolute Gasteiger partial charge is 0.338 e. The van der Waals surface area contributed by atoms with Crippen molar-refractivity contribution in [2.45, 2.75) is 25.9 Å². The van der Waals surface area contributed by atoms with E-state index in [-0.39, 0.29) is 11.9 Å². The van der Waals surface area contributed by atoms with Crippen LogP contribution in [-0.2, 0) is 14.3 Å². The summed E-state index contributed by atoms with van der Waals surface area (Å²) in [5.41, 5.74) is 1.09. The summed E-state index contributed by atoms with van der Waals surface area (Å²) in [6.07, 6.45) is 2.15. The van der Waals surface area contributed by atoms with E-state index in [1.807, 2.05) is 0 Å². The molecule has 29 heavy (non-hydrogen) atoms. The maximum absolute atomic E-state index is 12.1. The Balaban J connectivity index is 1.47. The Hall–Kier alpha value is -3.19. The highest BCUT2D eigenvalue weighted by atomic mass is 16.5. The van der Waals surface area contributed by atoms with Crippen LogP contribution in [-0.4, -0.2) is 43.6 Å². The third-order valence-electron chi connectivity index (χ3n) is 4.46. The third kappa shape index (κ3) is 5.89. The Morgan fingerprint density at radius 2 is 1.86 bits per heavy atom. The van der Waals surface area contributed by atoms with Gasteiger partial charge in [0.25, 0.3) is 5.91 Å². The van der Waals surface area contributed by atoms with Gasteiger partial charge in [0.2, 0.25) is 0 Å². The molecule has 1 aliphatic heterocycles. The van der Waals surface area contributed by atoms with Crippen LogP contribution in [0, 0.1) is 0 Å². The molecule has 0 unspecified atom stereocenters. The first-order chi connectivity index (χ1) is 14.0. The fraction of sp³-hybridized carbons (Fsp3) is 0.318. The van der Waals surface area contributed by atoms with E-state index in [4.69, 9.17) is 14.2 Å². The van der Waals surface area contributed by atoms with Gasteiger partial charge in [-0.15, -0.1) is 0 Å². The largest absolute Gasteiger partial charge is 0.491 e. The number of rotatable bonds is 8. The average Bonchev–Trinajstić information content (AvgIpc) is 3.25. The zero-order valence-corrected chi connectivity index (χ0v) is 16.2. The number of hydrogen-bond acceptors (Lipinski definition) is 6. The number of ether oxygens (including phenoxy) is 3.